The Morgan fingerprint density at radius 3 is 2.43 bits per heavy atom. The van der Waals surface area contributed by atoms with Crippen molar-refractivity contribution in [3.05, 3.63) is 75.6 Å². The Morgan fingerprint density at radius 1 is 1.03 bits per heavy atom. The monoisotopic (exact) mass is 464 g/mol. The highest BCUT2D eigenvalue weighted by molar-refractivity contribution is 9.10. The molecule has 0 aliphatic carbocycles. The van der Waals surface area contributed by atoms with E-state index in [0.717, 1.165) is 26.4 Å². The summed E-state index contributed by atoms with van der Waals surface area (Å²) in [7, 11) is 0. The predicted molar refractivity (Wildman–Crippen MR) is 120 cm³/mol. The molecule has 0 fully saturated rings. The lowest BCUT2D eigenvalue weighted by Gasteiger charge is -2.28. The molecule has 0 saturated heterocycles. The van der Waals surface area contributed by atoms with Crippen molar-refractivity contribution in [2.24, 2.45) is 5.73 Å². The van der Waals surface area contributed by atoms with Crippen molar-refractivity contribution in [1.82, 2.24) is 0 Å². The maximum Gasteiger partial charge on any atom is 0.205 e. The Hall–Kier alpha value is -3.17. The van der Waals surface area contributed by atoms with E-state index in [4.69, 9.17) is 19.9 Å². The van der Waals surface area contributed by atoms with E-state index in [1.807, 2.05) is 62.4 Å². The molecule has 30 heavy (non-hydrogen) atoms. The molecule has 1 heterocycles. The summed E-state index contributed by atoms with van der Waals surface area (Å²) >= 11 is 3.67. The molecule has 0 aromatic heterocycles. The van der Waals surface area contributed by atoms with Crippen molar-refractivity contribution in [2.75, 3.05) is 13.2 Å². The molecule has 2 N–H and O–H groups in total. The second-order valence-corrected chi connectivity index (χ2v) is 7.67. The molecule has 5 nitrogen and oxygen atoms in total. The molecule has 3 aromatic carbocycles. The molecule has 0 amide bonds. The molecular formula is C24H21BrN2O3. The summed E-state index contributed by atoms with van der Waals surface area (Å²) in [5, 5.41) is 11.9. The third-order valence-electron chi connectivity index (χ3n) is 5.08. The molecule has 6 heteroatoms. The number of ether oxygens (including phenoxy) is 3. The highest BCUT2D eigenvalue weighted by Gasteiger charge is 2.33. The minimum Gasteiger partial charge on any atom is -0.490 e. The van der Waals surface area contributed by atoms with Gasteiger partial charge in [-0.05, 0) is 36.9 Å². The molecule has 4 rings (SSSR count). The largest absolute Gasteiger partial charge is 0.490 e. The zero-order valence-corrected chi connectivity index (χ0v) is 18.3. The van der Waals surface area contributed by atoms with Crippen LogP contribution < -0.4 is 19.9 Å². The third kappa shape index (κ3) is 3.35. The molecule has 0 radical (unpaired) electrons. The first-order valence-electron chi connectivity index (χ1n) is 9.77. The van der Waals surface area contributed by atoms with Gasteiger partial charge in [0, 0.05) is 15.4 Å². The molecule has 0 saturated carbocycles. The summed E-state index contributed by atoms with van der Waals surface area (Å²) in [5.74, 6) is 1.67. The lowest BCUT2D eigenvalue weighted by Crippen LogP contribution is -2.21. The summed E-state index contributed by atoms with van der Waals surface area (Å²) in [6, 6.07) is 18.0. The maximum absolute atomic E-state index is 9.90. The number of nitriles is 1. The van der Waals surface area contributed by atoms with E-state index >= 15 is 0 Å². The molecule has 1 aliphatic rings. The topological polar surface area (TPSA) is 77.5 Å². The van der Waals surface area contributed by atoms with Crippen LogP contribution in [0.1, 0.15) is 30.9 Å². The van der Waals surface area contributed by atoms with Crippen LogP contribution in [0.15, 0.2) is 64.5 Å². The smallest absolute Gasteiger partial charge is 0.205 e. The molecule has 0 spiro atoms. The molecule has 3 aromatic rings. The van der Waals surface area contributed by atoms with Crippen molar-refractivity contribution < 1.29 is 14.2 Å². The number of hydrogen-bond donors (Lipinski definition) is 1. The number of rotatable bonds is 5. The van der Waals surface area contributed by atoms with Crippen molar-refractivity contribution in [1.29, 1.82) is 5.26 Å². The van der Waals surface area contributed by atoms with Gasteiger partial charge in [0.25, 0.3) is 0 Å². The Labute approximate surface area is 183 Å². The van der Waals surface area contributed by atoms with E-state index in [9.17, 15) is 5.26 Å². The van der Waals surface area contributed by atoms with E-state index in [2.05, 4.69) is 22.0 Å². The van der Waals surface area contributed by atoms with Gasteiger partial charge in [0.2, 0.25) is 5.88 Å². The number of nitrogens with two attached hydrogens (primary N) is 1. The van der Waals surface area contributed by atoms with Crippen LogP contribution in [0.5, 0.6) is 17.2 Å². The Kier molecular flexibility index (Phi) is 5.56. The zero-order chi connectivity index (χ0) is 21.3. The first kappa shape index (κ1) is 20.1. The van der Waals surface area contributed by atoms with Crippen LogP contribution >= 0.6 is 15.9 Å². The lowest BCUT2D eigenvalue weighted by molar-refractivity contribution is 0.287. The zero-order valence-electron chi connectivity index (χ0n) is 16.7. The molecule has 1 aliphatic heterocycles. The second-order valence-electron chi connectivity index (χ2n) is 6.82. The van der Waals surface area contributed by atoms with Crippen LogP contribution in [0.4, 0.5) is 0 Å². The predicted octanol–water partition coefficient (Wildman–Crippen LogP) is 5.62. The summed E-state index contributed by atoms with van der Waals surface area (Å²) in [4.78, 5) is 0. The molecule has 152 valence electrons. The second kappa shape index (κ2) is 8.29. The van der Waals surface area contributed by atoms with E-state index in [1.54, 1.807) is 0 Å². The highest BCUT2D eigenvalue weighted by atomic mass is 79.9. The first-order chi connectivity index (χ1) is 14.6. The van der Waals surface area contributed by atoms with Crippen molar-refractivity contribution in [2.45, 2.75) is 19.8 Å². The lowest BCUT2D eigenvalue weighted by atomic mass is 9.82. The van der Waals surface area contributed by atoms with Gasteiger partial charge in [0.1, 0.15) is 17.4 Å². The van der Waals surface area contributed by atoms with Gasteiger partial charge in [-0.1, -0.05) is 52.3 Å². The van der Waals surface area contributed by atoms with Crippen LogP contribution in [-0.4, -0.2) is 13.2 Å². The minimum atomic E-state index is -0.396. The number of hydrogen-bond acceptors (Lipinski definition) is 5. The van der Waals surface area contributed by atoms with Crippen LogP contribution in [0, 0.1) is 11.3 Å². The van der Waals surface area contributed by atoms with Gasteiger partial charge in [0.05, 0.1) is 19.1 Å². The summed E-state index contributed by atoms with van der Waals surface area (Å²) in [5.41, 5.74) is 8.32. The summed E-state index contributed by atoms with van der Waals surface area (Å²) in [6.07, 6.45) is 0. The fraction of sp³-hybridized carbons (Fsp3) is 0.208. The quantitative estimate of drug-likeness (QED) is 0.530. The Balaban J connectivity index is 1.97. The van der Waals surface area contributed by atoms with E-state index in [1.165, 1.54) is 0 Å². The standard InChI is InChI=1S/C24H21BrN2O3/c1-3-28-20-11-17(19(25)12-21(20)29-4-2)22-16-10-9-14-7-5-6-8-15(14)23(16)30-24(27)18(22)13-26/h5-12,22H,3-4,27H2,1-2H3. The fourth-order valence-corrected chi connectivity index (χ4v) is 4.37. The Bertz CT molecular complexity index is 1200. The number of nitrogens with zero attached hydrogens (tertiary/aromatic N) is 1. The first-order valence-corrected chi connectivity index (χ1v) is 10.6. The average Bonchev–Trinajstić information content (AvgIpc) is 2.75. The number of halogens is 1. The van der Waals surface area contributed by atoms with Crippen LogP contribution in [0.3, 0.4) is 0 Å². The van der Waals surface area contributed by atoms with Gasteiger partial charge < -0.3 is 19.9 Å². The highest BCUT2D eigenvalue weighted by Crippen LogP contribution is 2.48. The van der Waals surface area contributed by atoms with Gasteiger partial charge in [0.15, 0.2) is 11.5 Å². The summed E-state index contributed by atoms with van der Waals surface area (Å²) < 4.78 is 18.3. The fourth-order valence-electron chi connectivity index (χ4n) is 3.82. The Morgan fingerprint density at radius 2 is 1.73 bits per heavy atom. The third-order valence-corrected chi connectivity index (χ3v) is 5.77. The van der Waals surface area contributed by atoms with Gasteiger partial charge in [-0.2, -0.15) is 5.26 Å². The maximum atomic E-state index is 9.90. The van der Waals surface area contributed by atoms with Gasteiger partial charge in [-0.3, -0.25) is 0 Å². The summed E-state index contributed by atoms with van der Waals surface area (Å²) in [6.45, 7) is 4.87. The molecule has 1 atom stereocenters. The minimum absolute atomic E-state index is 0.116. The van der Waals surface area contributed by atoms with Crippen molar-refractivity contribution >= 4 is 26.7 Å². The van der Waals surface area contributed by atoms with Gasteiger partial charge in [-0.15, -0.1) is 0 Å². The van der Waals surface area contributed by atoms with Crippen LogP contribution in [-0.2, 0) is 0 Å². The van der Waals surface area contributed by atoms with E-state index in [0.29, 0.717) is 36.0 Å². The van der Waals surface area contributed by atoms with Crippen LogP contribution in [0.2, 0.25) is 0 Å². The van der Waals surface area contributed by atoms with Gasteiger partial charge >= 0.3 is 0 Å². The van der Waals surface area contributed by atoms with Crippen molar-refractivity contribution in [3.63, 3.8) is 0 Å². The normalized spacial score (nSPS) is 15.3. The van der Waals surface area contributed by atoms with Crippen molar-refractivity contribution in [3.8, 4) is 23.3 Å². The van der Waals surface area contributed by atoms with E-state index < -0.39 is 5.92 Å². The SMILES string of the molecule is CCOc1cc(Br)c(C2C(C#N)=C(N)Oc3c2ccc2ccccc32)cc1OCC. The number of benzene rings is 3. The van der Waals surface area contributed by atoms with E-state index in [-0.39, 0.29) is 5.88 Å². The number of fused-ring (bicyclic) bond motifs is 3. The molecule has 0 bridgehead atoms. The van der Waals surface area contributed by atoms with Crippen LogP contribution in [0.25, 0.3) is 10.8 Å². The number of allylic oxidation sites excluding steroid dienone is 1. The molecule has 1 unspecified atom stereocenters. The average molecular weight is 465 g/mol. The van der Waals surface area contributed by atoms with Gasteiger partial charge in [-0.25, -0.2) is 0 Å². The molecular weight excluding hydrogens is 444 g/mol.